The molecule has 10 heteroatoms. The van der Waals surface area contributed by atoms with E-state index in [0.29, 0.717) is 23.8 Å². The highest BCUT2D eigenvalue weighted by Gasteiger charge is 2.32. The predicted molar refractivity (Wildman–Crippen MR) is 106 cm³/mol. The molecule has 1 aliphatic rings. The van der Waals surface area contributed by atoms with Crippen LogP contribution in [0.1, 0.15) is 13.8 Å². The van der Waals surface area contributed by atoms with Crippen LogP contribution < -0.4 is 15.5 Å². The lowest BCUT2D eigenvalue weighted by atomic mass is 10.2. The van der Waals surface area contributed by atoms with E-state index < -0.39 is 12.2 Å². The Kier molecular flexibility index (Phi) is 4.98. The smallest absolute Gasteiger partial charge is 0.414 e. The number of amides is 3. The highest BCUT2D eigenvalue weighted by atomic mass is 16.6. The van der Waals surface area contributed by atoms with Crippen molar-refractivity contribution in [3.8, 4) is 11.4 Å². The lowest BCUT2D eigenvalue weighted by molar-refractivity contribution is 0.140. The average molecular weight is 395 g/mol. The summed E-state index contributed by atoms with van der Waals surface area (Å²) >= 11 is 0. The van der Waals surface area contributed by atoms with Gasteiger partial charge >= 0.3 is 12.1 Å². The number of nitrogens with one attached hydrogen (secondary N) is 2. The van der Waals surface area contributed by atoms with Gasteiger partial charge < -0.3 is 15.4 Å². The molecule has 1 aliphatic heterocycles. The van der Waals surface area contributed by atoms with Gasteiger partial charge in [0.1, 0.15) is 6.10 Å². The SMILES string of the molecule is CC(C)NC(=O)NC[C@H]1CN(c2ccc(-c3nnc4ncccn34)cc2)C(=O)O1. The number of nitrogens with zero attached hydrogens (tertiary/aromatic N) is 5. The molecule has 0 saturated carbocycles. The minimum absolute atomic E-state index is 0.0364. The Balaban J connectivity index is 1.42. The van der Waals surface area contributed by atoms with E-state index in [2.05, 4.69) is 25.8 Å². The lowest BCUT2D eigenvalue weighted by Gasteiger charge is -2.14. The first-order chi connectivity index (χ1) is 14.0. The Morgan fingerprint density at radius 1 is 1.28 bits per heavy atom. The van der Waals surface area contributed by atoms with E-state index in [1.807, 2.05) is 50.4 Å². The molecule has 0 aliphatic carbocycles. The van der Waals surface area contributed by atoms with Crippen LogP contribution in [0.3, 0.4) is 0 Å². The van der Waals surface area contributed by atoms with Crippen LogP contribution in [0.2, 0.25) is 0 Å². The van der Waals surface area contributed by atoms with Crippen LogP contribution in [-0.2, 0) is 4.74 Å². The van der Waals surface area contributed by atoms with Gasteiger partial charge in [-0.25, -0.2) is 14.6 Å². The molecule has 3 amide bonds. The van der Waals surface area contributed by atoms with E-state index in [4.69, 9.17) is 4.74 Å². The van der Waals surface area contributed by atoms with E-state index in [9.17, 15) is 9.59 Å². The number of carbonyl (C=O) groups is 2. The highest BCUT2D eigenvalue weighted by molar-refractivity contribution is 5.90. The third-order valence-corrected chi connectivity index (χ3v) is 4.41. The third-order valence-electron chi connectivity index (χ3n) is 4.41. The van der Waals surface area contributed by atoms with Crippen LogP contribution in [0.15, 0.2) is 42.7 Å². The molecule has 0 unspecified atom stereocenters. The quantitative estimate of drug-likeness (QED) is 0.681. The predicted octanol–water partition coefficient (Wildman–Crippen LogP) is 1.82. The van der Waals surface area contributed by atoms with E-state index in [1.165, 1.54) is 0 Å². The first kappa shape index (κ1) is 18.7. The van der Waals surface area contributed by atoms with Gasteiger partial charge in [-0.2, -0.15) is 0 Å². The van der Waals surface area contributed by atoms with Crippen molar-refractivity contribution >= 4 is 23.6 Å². The second-order valence-electron chi connectivity index (χ2n) is 6.99. The van der Waals surface area contributed by atoms with Crippen molar-refractivity contribution in [3.05, 3.63) is 42.7 Å². The Morgan fingerprint density at radius 3 is 2.83 bits per heavy atom. The summed E-state index contributed by atoms with van der Waals surface area (Å²) in [7, 11) is 0. The zero-order valence-corrected chi connectivity index (χ0v) is 16.1. The second-order valence-corrected chi connectivity index (χ2v) is 6.99. The van der Waals surface area contributed by atoms with Crippen molar-refractivity contribution in [2.75, 3.05) is 18.0 Å². The number of anilines is 1. The largest absolute Gasteiger partial charge is 0.442 e. The maximum Gasteiger partial charge on any atom is 0.414 e. The molecular weight excluding hydrogens is 374 g/mol. The molecule has 4 rings (SSSR count). The first-order valence-electron chi connectivity index (χ1n) is 9.30. The highest BCUT2D eigenvalue weighted by Crippen LogP contribution is 2.25. The molecule has 0 spiro atoms. The van der Waals surface area contributed by atoms with Crippen molar-refractivity contribution in [2.24, 2.45) is 0 Å². The number of hydrogen-bond donors (Lipinski definition) is 2. The number of hydrogen-bond acceptors (Lipinski definition) is 6. The third kappa shape index (κ3) is 3.96. The Morgan fingerprint density at radius 2 is 2.07 bits per heavy atom. The molecule has 0 radical (unpaired) electrons. The molecule has 150 valence electrons. The fourth-order valence-corrected chi connectivity index (χ4v) is 3.09. The summed E-state index contributed by atoms with van der Waals surface area (Å²) in [6, 6.07) is 8.96. The molecule has 1 aromatic carbocycles. The van der Waals surface area contributed by atoms with E-state index in [1.54, 1.807) is 15.5 Å². The van der Waals surface area contributed by atoms with Crippen LogP contribution in [0.4, 0.5) is 15.3 Å². The van der Waals surface area contributed by atoms with Crippen LogP contribution in [0.25, 0.3) is 17.2 Å². The summed E-state index contributed by atoms with van der Waals surface area (Å²) in [4.78, 5) is 29.6. The van der Waals surface area contributed by atoms with Gasteiger partial charge in [0.2, 0.25) is 0 Å². The summed E-state index contributed by atoms with van der Waals surface area (Å²) in [6.07, 6.45) is 2.65. The van der Waals surface area contributed by atoms with Gasteiger partial charge in [-0.1, -0.05) is 0 Å². The minimum atomic E-state index is -0.439. The number of benzene rings is 1. The molecule has 3 heterocycles. The monoisotopic (exact) mass is 395 g/mol. The number of carbonyl (C=O) groups excluding carboxylic acids is 2. The summed E-state index contributed by atoms with van der Waals surface area (Å²) in [5, 5.41) is 13.7. The molecule has 0 bridgehead atoms. The Bertz CT molecular complexity index is 1030. The van der Waals surface area contributed by atoms with E-state index >= 15 is 0 Å². The lowest BCUT2D eigenvalue weighted by Crippen LogP contribution is -2.43. The average Bonchev–Trinajstić information content (AvgIpc) is 3.29. The molecule has 2 N–H and O–H groups in total. The number of aromatic nitrogens is 4. The normalized spacial score (nSPS) is 16.3. The molecule has 1 saturated heterocycles. The molecule has 1 atom stereocenters. The summed E-state index contributed by atoms with van der Waals surface area (Å²) in [6.45, 7) is 4.36. The number of urea groups is 1. The van der Waals surface area contributed by atoms with Gasteiger partial charge in [-0.05, 0) is 44.2 Å². The number of cyclic esters (lactones) is 1. The van der Waals surface area contributed by atoms with Gasteiger partial charge in [-0.15, -0.1) is 10.2 Å². The molecular formula is C19H21N7O3. The number of rotatable bonds is 5. The standard InChI is InChI=1S/C19H21N7O3/c1-12(2)22-18(27)21-10-15-11-26(19(28)29-15)14-6-4-13(5-7-14)16-23-24-17-20-8-3-9-25(16)17/h3-9,12,15H,10-11H2,1-2H3,(H2,21,22,27)/t15-/m0/s1. The summed E-state index contributed by atoms with van der Waals surface area (Å²) in [5.41, 5.74) is 1.56. The number of ether oxygens (including phenoxy) is 1. The van der Waals surface area contributed by atoms with Crippen LogP contribution >= 0.6 is 0 Å². The number of fused-ring (bicyclic) bond motifs is 1. The fourth-order valence-electron chi connectivity index (χ4n) is 3.09. The van der Waals surface area contributed by atoms with Crippen molar-refractivity contribution in [2.45, 2.75) is 26.0 Å². The molecule has 2 aromatic heterocycles. The van der Waals surface area contributed by atoms with Gasteiger partial charge in [0, 0.05) is 29.7 Å². The van der Waals surface area contributed by atoms with Gasteiger partial charge in [-0.3, -0.25) is 9.30 Å². The zero-order chi connectivity index (χ0) is 20.4. The minimum Gasteiger partial charge on any atom is -0.442 e. The fraction of sp³-hybridized carbons (Fsp3) is 0.316. The van der Waals surface area contributed by atoms with E-state index in [0.717, 1.165) is 5.56 Å². The summed E-state index contributed by atoms with van der Waals surface area (Å²) in [5.74, 6) is 1.19. The first-order valence-corrected chi connectivity index (χ1v) is 9.30. The maximum atomic E-state index is 12.2. The zero-order valence-electron chi connectivity index (χ0n) is 16.1. The second kappa shape index (κ2) is 7.74. The molecule has 10 nitrogen and oxygen atoms in total. The summed E-state index contributed by atoms with van der Waals surface area (Å²) < 4.78 is 7.15. The van der Waals surface area contributed by atoms with E-state index in [-0.39, 0.29) is 18.6 Å². The Hall–Kier alpha value is -3.69. The van der Waals surface area contributed by atoms with Gasteiger partial charge in [0.25, 0.3) is 5.78 Å². The van der Waals surface area contributed by atoms with Crippen molar-refractivity contribution < 1.29 is 14.3 Å². The molecule has 29 heavy (non-hydrogen) atoms. The molecule has 3 aromatic rings. The van der Waals surface area contributed by atoms with Crippen LogP contribution in [-0.4, -0.2) is 56.9 Å². The topological polar surface area (TPSA) is 114 Å². The van der Waals surface area contributed by atoms with Gasteiger partial charge in [0.15, 0.2) is 5.82 Å². The molecule has 1 fully saturated rings. The van der Waals surface area contributed by atoms with Crippen molar-refractivity contribution in [1.29, 1.82) is 0 Å². The van der Waals surface area contributed by atoms with Crippen molar-refractivity contribution in [1.82, 2.24) is 30.2 Å². The van der Waals surface area contributed by atoms with Crippen LogP contribution in [0.5, 0.6) is 0 Å². The van der Waals surface area contributed by atoms with Crippen molar-refractivity contribution in [3.63, 3.8) is 0 Å². The van der Waals surface area contributed by atoms with Gasteiger partial charge in [0.05, 0.1) is 13.1 Å². The maximum absolute atomic E-state index is 12.2. The Labute approximate surface area is 166 Å². The van der Waals surface area contributed by atoms with Crippen LogP contribution in [0, 0.1) is 0 Å².